The van der Waals surface area contributed by atoms with Gasteiger partial charge in [0.15, 0.2) is 5.82 Å². The van der Waals surface area contributed by atoms with Gasteiger partial charge in [-0.25, -0.2) is 4.98 Å². The van der Waals surface area contributed by atoms with Gasteiger partial charge in [-0.2, -0.15) is 0 Å². The molecule has 0 amide bonds. The number of anilines is 2. The third kappa shape index (κ3) is 2.88. The molecule has 0 unspecified atom stereocenters. The van der Waals surface area contributed by atoms with Crippen LogP contribution in [0.15, 0.2) is 35.4 Å². The van der Waals surface area contributed by atoms with Crippen LogP contribution >= 0.6 is 0 Å². The van der Waals surface area contributed by atoms with Gasteiger partial charge >= 0.3 is 0 Å². The predicted octanol–water partition coefficient (Wildman–Crippen LogP) is 1.32. The molecular weight excluding hydrogens is 228 g/mol. The molecule has 0 atom stereocenters. The molecule has 0 radical (unpaired) electrons. The Morgan fingerprint density at radius 3 is 3.06 bits per heavy atom. The van der Waals surface area contributed by atoms with Crippen LogP contribution in [0.3, 0.4) is 0 Å². The first kappa shape index (κ1) is 12.2. The molecule has 2 rings (SSSR count). The molecule has 5 heteroatoms. The van der Waals surface area contributed by atoms with Crippen molar-refractivity contribution in [1.82, 2.24) is 9.97 Å². The Kier molecular flexibility index (Phi) is 3.62. The van der Waals surface area contributed by atoms with E-state index < -0.39 is 0 Å². The van der Waals surface area contributed by atoms with Crippen LogP contribution in [0.1, 0.15) is 11.1 Å². The van der Waals surface area contributed by atoms with Gasteiger partial charge in [0.05, 0.1) is 6.33 Å². The molecule has 18 heavy (non-hydrogen) atoms. The van der Waals surface area contributed by atoms with Gasteiger partial charge < -0.3 is 16.0 Å². The third-order valence-electron chi connectivity index (χ3n) is 2.68. The highest BCUT2D eigenvalue weighted by Gasteiger charge is 2.03. The lowest BCUT2D eigenvalue weighted by Crippen LogP contribution is -2.17. The van der Waals surface area contributed by atoms with Crippen LogP contribution in [0.25, 0.3) is 0 Å². The number of aromatic nitrogens is 2. The summed E-state index contributed by atoms with van der Waals surface area (Å²) in [5.74, 6) is 0.436. The van der Waals surface area contributed by atoms with Crippen molar-refractivity contribution in [3.63, 3.8) is 0 Å². The molecule has 0 saturated carbocycles. The molecule has 1 heterocycles. The summed E-state index contributed by atoms with van der Waals surface area (Å²) in [5, 5.41) is 3.07. The van der Waals surface area contributed by atoms with Crippen molar-refractivity contribution in [1.29, 1.82) is 0 Å². The Balaban J connectivity index is 1.97. The van der Waals surface area contributed by atoms with Crippen LogP contribution in [-0.4, -0.2) is 16.5 Å². The zero-order chi connectivity index (χ0) is 13.0. The molecular formula is C13H16N4O. The van der Waals surface area contributed by atoms with E-state index in [0.717, 1.165) is 6.42 Å². The van der Waals surface area contributed by atoms with Gasteiger partial charge in [0.2, 0.25) is 0 Å². The summed E-state index contributed by atoms with van der Waals surface area (Å²) < 4.78 is 0. The molecule has 5 nitrogen and oxygen atoms in total. The molecule has 0 bridgehead atoms. The van der Waals surface area contributed by atoms with Crippen LogP contribution < -0.4 is 16.6 Å². The summed E-state index contributed by atoms with van der Waals surface area (Å²) in [5.41, 5.74) is 7.91. The Morgan fingerprint density at radius 1 is 1.44 bits per heavy atom. The van der Waals surface area contributed by atoms with Gasteiger partial charge in [0, 0.05) is 6.54 Å². The fourth-order valence-corrected chi connectivity index (χ4v) is 1.74. The first-order valence-electron chi connectivity index (χ1n) is 5.79. The van der Waals surface area contributed by atoms with Crippen molar-refractivity contribution < 1.29 is 0 Å². The lowest BCUT2D eigenvalue weighted by molar-refractivity contribution is 0.994. The number of nitrogen functional groups attached to an aromatic ring is 1. The number of H-pyrrole nitrogens is 1. The van der Waals surface area contributed by atoms with Crippen molar-refractivity contribution in [3.05, 3.63) is 52.1 Å². The average molecular weight is 244 g/mol. The summed E-state index contributed by atoms with van der Waals surface area (Å²) >= 11 is 0. The molecule has 2 aromatic rings. The first-order chi connectivity index (χ1) is 8.66. The van der Waals surface area contributed by atoms with Gasteiger partial charge in [0.1, 0.15) is 5.69 Å². The van der Waals surface area contributed by atoms with E-state index in [2.05, 4.69) is 40.4 Å². The summed E-state index contributed by atoms with van der Waals surface area (Å²) in [6.07, 6.45) is 2.20. The van der Waals surface area contributed by atoms with Gasteiger partial charge in [-0.15, -0.1) is 0 Å². The van der Waals surface area contributed by atoms with Crippen molar-refractivity contribution >= 4 is 11.5 Å². The maximum Gasteiger partial charge on any atom is 0.276 e. The Labute approximate surface area is 105 Å². The zero-order valence-electron chi connectivity index (χ0n) is 10.2. The Morgan fingerprint density at radius 2 is 2.28 bits per heavy atom. The number of nitrogens with zero attached hydrogens (tertiary/aromatic N) is 1. The maximum absolute atomic E-state index is 11.3. The van der Waals surface area contributed by atoms with Gasteiger partial charge in [-0.3, -0.25) is 4.79 Å². The molecule has 0 aliphatic heterocycles. The summed E-state index contributed by atoms with van der Waals surface area (Å²) in [7, 11) is 0. The van der Waals surface area contributed by atoms with E-state index in [1.807, 2.05) is 6.07 Å². The molecule has 1 aromatic heterocycles. The minimum Gasteiger partial charge on any atom is -0.391 e. The van der Waals surface area contributed by atoms with E-state index in [9.17, 15) is 4.79 Å². The molecule has 4 N–H and O–H groups in total. The topological polar surface area (TPSA) is 83.8 Å². The summed E-state index contributed by atoms with van der Waals surface area (Å²) in [6, 6.07) is 8.30. The molecule has 94 valence electrons. The fraction of sp³-hybridized carbons (Fsp3) is 0.231. The summed E-state index contributed by atoms with van der Waals surface area (Å²) in [4.78, 5) is 17.7. The SMILES string of the molecule is Cc1cccc(CCNc2nc[nH]c(=O)c2N)c1. The van der Waals surface area contributed by atoms with Crippen molar-refractivity contribution in [2.24, 2.45) is 0 Å². The van der Waals surface area contributed by atoms with Crippen molar-refractivity contribution in [2.45, 2.75) is 13.3 Å². The lowest BCUT2D eigenvalue weighted by atomic mass is 10.1. The molecule has 0 saturated heterocycles. The monoisotopic (exact) mass is 244 g/mol. The second-order valence-corrected chi connectivity index (χ2v) is 4.16. The number of hydrogen-bond acceptors (Lipinski definition) is 4. The van der Waals surface area contributed by atoms with Gasteiger partial charge in [-0.05, 0) is 18.9 Å². The number of aromatic amines is 1. The highest BCUT2D eigenvalue weighted by atomic mass is 16.1. The molecule has 0 aliphatic carbocycles. The highest BCUT2D eigenvalue weighted by molar-refractivity contribution is 5.58. The smallest absolute Gasteiger partial charge is 0.276 e. The number of nitrogens with one attached hydrogen (secondary N) is 2. The van der Waals surface area contributed by atoms with Crippen LogP contribution in [-0.2, 0) is 6.42 Å². The standard InChI is InChI=1S/C13H16N4O/c1-9-3-2-4-10(7-9)5-6-15-12-11(14)13(18)17-8-16-12/h2-4,7-8H,5-6,14H2,1H3,(H2,15,16,17,18). The van der Waals surface area contributed by atoms with E-state index >= 15 is 0 Å². The van der Waals surface area contributed by atoms with E-state index in [1.165, 1.54) is 17.5 Å². The Hall–Kier alpha value is -2.30. The van der Waals surface area contributed by atoms with Crippen LogP contribution in [0.4, 0.5) is 11.5 Å². The number of benzene rings is 1. The number of rotatable bonds is 4. The van der Waals surface area contributed by atoms with E-state index in [0.29, 0.717) is 12.4 Å². The molecule has 0 fully saturated rings. The average Bonchev–Trinajstić information content (AvgIpc) is 2.35. The second-order valence-electron chi connectivity index (χ2n) is 4.16. The van der Waals surface area contributed by atoms with E-state index in [4.69, 9.17) is 5.73 Å². The largest absolute Gasteiger partial charge is 0.391 e. The van der Waals surface area contributed by atoms with Crippen molar-refractivity contribution in [3.8, 4) is 0 Å². The third-order valence-corrected chi connectivity index (χ3v) is 2.68. The molecule has 0 aliphatic rings. The summed E-state index contributed by atoms with van der Waals surface area (Å²) in [6.45, 7) is 2.75. The van der Waals surface area contributed by atoms with E-state index in [1.54, 1.807) is 0 Å². The minimum absolute atomic E-state index is 0.127. The number of aryl methyl sites for hydroxylation is 1. The van der Waals surface area contributed by atoms with Crippen LogP contribution in [0.5, 0.6) is 0 Å². The maximum atomic E-state index is 11.3. The highest BCUT2D eigenvalue weighted by Crippen LogP contribution is 2.08. The van der Waals surface area contributed by atoms with Gasteiger partial charge in [-0.1, -0.05) is 29.8 Å². The zero-order valence-corrected chi connectivity index (χ0v) is 10.2. The minimum atomic E-state index is -0.317. The fourth-order valence-electron chi connectivity index (χ4n) is 1.74. The van der Waals surface area contributed by atoms with Gasteiger partial charge in [0.25, 0.3) is 5.56 Å². The molecule has 0 spiro atoms. The lowest BCUT2D eigenvalue weighted by Gasteiger charge is -2.07. The number of hydrogen-bond donors (Lipinski definition) is 3. The predicted molar refractivity (Wildman–Crippen MR) is 72.6 cm³/mol. The van der Waals surface area contributed by atoms with Crippen molar-refractivity contribution in [2.75, 3.05) is 17.6 Å². The van der Waals surface area contributed by atoms with E-state index in [-0.39, 0.29) is 11.2 Å². The second kappa shape index (κ2) is 5.35. The van der Waals surface area contributed by atoms with Crippen LogP contribution in [0.2, 0.25) is 0 Å². The number of nitrogens with two attached hydrogens (primary N) is 1. The quantitative estimate of drug-likeness (QED) is 0.757. The van der Waals surface area contributed by atoms with Crippen LogP contribution in [0, 0.1) is 6.92 Å². The molecule has 1 aromatic carbocycles. The normalized spacial score (nSPS) is 10.3. The first-order valence-corrected chi connectivity index (χ1v) is 5.79. The Bertz CT molecular complexity index is 592.